The number of H-pyrrole nitrogens is 1. The number of aliphatic hydroxyl groups is 1. The summed E-state index contributed by atoms with van der Waals surface area (Å²) in [7, 11) is 0. The van der Waals surface area contributed by atoms with Crippen LogP contribution in [0.25, 0.3) is 11.0 Å². The minimum Gasteiger partial charge on any atom is -0.396 e. The molecule has 7 heteroatoms. The molecule has 0 spiro atoms. The van der Waals surface area contributed by atoms with Gasteiger partial charge in [-0.1, -0.05) is 0 Å². The lowest BCUT2D eigenvalue weighted by molar-refractivity contribution is 0.122. The van der Waals surface area contributed by atoms with Crippen molar-refractivity contribution in [3.63, 3.8) is 0 Å². The van der Waals surface area contributed by atoms with Crippen LogP contribution in [0.4, 0.5) is 11.8 Å². The monoisotopic (exact) mass is 291 g/mol. The van der Waals surface area contributed by atoms with E-state index in [1.54, 1.807) is 0 Å². The Morgan fingerprint density at radius 1 is 1.38 bits per heavy atom. The average molecular weight is 291 g/mol. The highest BCUT2D eigenvalue weighted by atomic mass is 16.5. The normalized spacial score (nSPS) is 15.6. The second kappa shape index (κ2) is 6.28. The van der Waals surface area contributed by atoms with Gasteiger partial charge in [-0.25, -0.2) is 0 Å². The molecule has 0 atom stereocenters. The van der Waals surface area contributed by atoms with Crippen molar-refractivity contribution < 1.29 is 9.84 Å². The minimum absolute atomic E-state index is 0.170. The molecule has 0 saturated carbocycles. The molecular formula is C14H21N5O2. The number of hydrogen-bond acceptors (Lipinski definition) is 6. The first-order valence-corrected chi connectivity index (χ1v) is 7.32. The Balaban J connectivity index is 1.93. The first-order chi connectivity index (χ1) is 10.3. The van der Waals surface area contributed by atoms with Gasteiger partial charge in [0.25, 0.3) is 0 Å². The molecule has 3 rings (SSSR count). The number of aromatic amines is 1. The Bertz CT molecular complexity index is 607. The van der Waals surface area contributed by atoms with Crippen LogP contribution in [0, 0.1) is 6.92 Å². The van der Waals surface area contributed by atoms with Gasteiger partial charge < -0.3 is 25.0 Å². The van der Waals surface area contributed by atoms with Gasteiger partial charge in [-0.15, -0.1) is 0 Å². The summed E-state index contributed by atoms with van der Waals surface area (Å²) in [5.74, 6) is 1.54. The number of morpholine rings is 1. The van der Waals surface area contributed by atoms with Crippen molar-refractivity contribution in [2.24, 2.45) is 0 Å². The molecular weight excluding hydrogens is 270 g/mol. The molecule has 0 unspecified atom stereocenters. The SMILES string of the molecule is Cc1cc2c(NCCCO)nc(N3CCOCC3)nc2[nH]1. The molecule has 0 amide bonds. The smallest absolute Gasteiger partial charge is 0.229 e. The fourth-order valence-corrected chi connectivity index (χ4v) is 2.45. The van der Waals surface area contributed by atoms with Crippen molar-refractivity contribution in [3.8, 4) is 0 Å². The number of ether oxygens (including phenoxy) is 1. The van der Waals surface area contributed by atoms with E-state index in [9.17, 15) is 0 Å². The molecule has 1 aliphatic rings. The van der Waals surface area contributed by atoms with E-state index in [1.807, 2.05) is 13.0 Å². The molecule has 0 aliphatic carbocycles. The molecule has 0 aromatic carbocycles. The molecule has 0 bridgehead atoms. The number of aliphatic hydroxyl groups excluding tert-OH is 1. The number of fused-ring (bicyclic) bond motifs is 1. The first-order valence-electron chi connectivity index (χ1n) is 7.32. The van der Waals surface area contributed by atoms with Gasteiger partial charge in [0.1, 0.15) is 11.5 Å². The lowest BCUT2D eigenvalue weighted by Gasteiger charge is -2.27. The number of hydrogen-bond donors (Lipinski definition) is 3. The lowest BCUT2D eigenvalue weighted by atomic mass is 10.3. The number of nitrogens with one attached hydrogen (secondary N) is 2. The predicted molar refractivity (Wildman–Crippen MR) is 81.9 cm³/mol. The summed E-state index contributed by atoms with van der Waals surface area (Å²) in [5.41, 5.74) is 1.90. The van der Waals surface area contributed by atoms with Crippen molar-refractivity contribution in [1.29, 1.82) is 0 Å². The van der Waals surface area contributed by atoms with E-state index in [-0.39, 0.29) is 6.61 Å². The van der Waals surface area contributed by atoms with Crippen molar-refractivity contribution in [2.45, 2.75) is 13.3 Å². The minimum atomic E-state index is 0.170. The lowest BCUT2D eigenvalue weighted by Crippen LogP contribution is -2.37. The Hall–Kier alpha value is -1.86. The van der Waals surface area contributed by atoms with Crippen LogP contribution in [0.5, 0.6) is 0 Å². The third-order valence-corrected chi connectivity index (χ3v) is 3.53. The van der Waals surface area contributed by atoms with Gasteiger partial charge in [0.05, 0.1) is 18.6 Å². The highest BCUT2D eigenvalue weighted by Crippen LogP contribution is 2.24. The van der Waals surface area contributed by atoms with Gasteiger partial charge >= 0.3 is 0 Å². The largest absolute Gasteiger partial charge is 0.396 e. The Morgan fingerprint density at radius 2 is 2.19 bits per heavy atom. The second-order valence-corrected chi connectivity index (χ2v) is 5.19. The van der Waals surface area contributed by atoms with Gasteiger partial charge in [0.2, 0.25) is 5.95 Å². The molecule has 0 radical (unpaired) electrons. The fourth-order valence-electron chi connectivity index (χ4n) is 2.45. The van der Waals surface area contributed by atoms with Gasteiger partial charge in [0, 0.05) is 31.9 Å². The van der Waals surface area contributed by atoms with Gasteiger partial charge in [-0.2, -0.15) is 9.97 Å². The maximum atomic E-state index is 8.92. The average Bonchev–Trinajstić information content (AvgIpc) is 2.88. The van der Waals surface area contributed by atoms with E-state index in [2.05, 4.69) is 25.2 Å². The standard InChI is InChI=1S/C14H21N5O2/c1-10-9-11-12(15-3-2-6-20)17-14(18-13(11)16-10)19-4-7-21-8-5-19/h9,20H,2-8H2,1H3,(H2,15,16,17,18). The number of nitrogens with zero attached hydrogens (tertiary/aromatic N) is 3. The molecule has 1 aliphatic heterocycles. The molecule has 114 valence electrons. The number of aromatic nitrogens is 3. The van der Waals surface area contributed by atoms with Crippen LogP contribution in [-0.4, -0.2) is 59.5 Å². The topological polar surface area (TPSA) is 86.3 Å². The third-order valence-electron chi connectivity index (χ3n) is 3.53. The number of rotatable bonds is 5. The molecule has 3 heterocycles. The van der Waals surface area contributed by atoms with E-state index in [1.165, 1.54) is 0 Å². The summed E-state index contributed by atoms with van der Waals surface area (Å²) in [6, 6.07) is 2.04. The predicted octanol–water partition coefficient (Wildman–Crippen LogP) is 0.897. The van der Waals surface area contributed by atoms with E-state index in [0.717, 1.165) is 41.6 Å². The summed E-state index contributed by atoms with van der Waals surface area (Å²) < 4.78 is 5.37. The van der Waals surface area contributed by atoms with E-state index in [0.29, 0.717) is 26.2 Å². The molecule has 3 N–H and O–H groups in total. The fraction of sp³-hybridized carbons (Fsp3) is 0.571. The van der Waals surface area contributed by atoms with Crippen LogP contribution >= 0.6 is 0 Å². The van der Waals surface area contributed by atoms with Crippen LogP contribution < -0.4 is 10.2 Å². The Morgan fingerprint density at radius 3 is 2.95 bits per heavy atom. The molecule has 1 saturated heterocycles. The van der Waals surface area contributed by atoms with Crippen molar-refractivity contribution in [2.75, 3.05) is 49.7 Å². The molecule has 1 fully saturated rings. The van der Waals surface area contributed by atoms with Gasteiger partial charge in [-0.3, -0.25) is 0 Å². The maximum absolute atomic E-state index is 8.92. The molecule has 21 heavy (non-hydrogen) atoms. The molecule has 2 aromatic rings. The van der Waals surface area contributed by atoms with E-state index in [4.69, 9.17) is 9.84 Å². The third kappa shape index (κ3) is 3.08. The first kappa shape index (κ1) is 14.1. The quantitative estimate of drug-likeness (QED) is 0.710. The Labute approximate surface area is 123 Å². The van der Waals surface area contributed by atoms with E-state index < -0.39 is 0 Å². The summed E-state index contributed by atoms with van der Waals surface area (Å²) in [6.45, 7) is 5.89. The number of anilines is 2. The maximum Gasteiger partial charge on any atom is 0.229 e. The van der Waals surface area contributed by atoms with Crippen LogP contribution in [0.3, 0.4) is 0 Å². The van der Waals surface area contributed by atoms with Crippen LogP contribution in [-0.2, 0) is 4.74 Å². The van der Waals surface area contributed by atoms with Crippen LogP contribution in [0.15, 0.2) is 6.07 Å². The van der Waals surface area contributed by atoms with Crippen LogP contribution in [0.2, 0.25) is 0 Å². The zero-order valence-corrected chi connectivity index (χ0v) is 12.2. The second-order valence-electron chi connectivity index (χ2n) is 5.19. The van der Waals surface area contributed by atoms with Crippen LogP contribution in [0.1, 0.15) is 12.1 Å². The van der Waals surface area contributed by atoms with E-state index >= 15 is 0 Å². The van der Waals surface area contributed by atoms with Crippen molar-refractivity contribution in [3.05, 3.63) is 11.8 Å². The highest BCUT2D eigenvalue weighted by molar-refractivity contribution is 5.89. The zero-order valence-electron chi connectivity index (χ0n) is 12.2. The highest BCUT2D eigenvalue weighted by Gasteiger charge is 2.17. The van der Waals surface area contributed by atoms with Crippen molar-refractivity contribution in [1.82, 2.24) is 15.0 Å². The number of aryl methyl sites for hydroxylation is 1. The van der Waals surface area contributed by atoms with Gasteiger partial charge in [0.15, 0.2) is 0 Å². The summed E-state index contributed by atoms with van der Waals surface area (Å²) >= 11 is 0. The molecule has 2 aromatic heterocycles. The summed E-state index contributed by atoms with van der Waals surface area (Å²) in [5, 5.41) is 13.2. The molecule has 7 nitrogen and oxygen atoms in total. The van der Waals surface area contributed by atoms with Crippen molar-refractivity contribution >= 4 is 22.8 Å². The van der Waals surface area contributed by atoms with Gasteiger partial charge in [-0.05, 0) is 19.4 Å². The zero-order chi connectivity index (χ0) is 14.7. The summed E-state index contributed by atoms with van der Waals surface area (Å²) in [4.78, 5) is 14.7. The summed E-state index contributed by atoms with van der Waals surface area (Å²) in [6.07, 6.45) is 0.696. The Kier molecular flexibility index (Phi) is 4.21.